The van der Waals surface area contributed by atoms with E-state index in [0.29, 0.717) is 22.4 Å². The van der Waals surface area contributed by atoms with E-state index in [-0.39, 0.29) is 11.8 Å². The van der Waals surface area contributed by atoms with Gasteiger partial charge in [0.25, 0.3) is 5.91 Å². The van der Waals surface area contributed by atoms with Crippen LogP contribution >= 0.6 is 11.3 Å². The van der Waals surface area contributed by atoms with Gasteiger partial charge in [-0.2, -0.15) is 5.10 Å². The van der Waals surface area contributed by atoms with E-state index in [4.69, 9.17) is 9.47 Å². The topological polar surface area (TPSA) is 114 Å². The third-order valence-corrected chi connectivity index (χ3v) is 5.87. The molecule has 2 aromatic heterocycles. The lowest BCUT2D eigenvalue weighted by Gasteiger charge is -2.17. The Balaban J connectivity index is 1.37. The molecule has 0 saturated carbocycles. The number of carbonyl (C=O) groups excluding carboxylic acids is 1. The van der Waals surface area contributed by atoms with E-state index in [0.717, 1.165) is 25.3 Å². The second-order valence-electron chi connectivity index (χ2n) is 7.29. The van der Waals surface area contributed by atoms with Gasteiger partial charge in [0.15, 0.2) is 23.5 Å². The summed E-state index contributed by atoms with van der Waals surface area (Å²) in [6, 6.07) is 8.15. The molecule has 1 amide bonds. The quantitative estimate of drug-likeness (QED) is 0.484. The molecule has 33 heavy (non-hydrogen) atoms. The fraction of sp³-hybridized carbons (Fsp3) is 0.381. The standard InChI is InChI=1S/C21H24FN7O3S/c1-3-32-18(13-6-7-15(22)16(11-13)31-2)19(30)25-21-28-27-20(33-21)24-14-8-10-29(12-14)17-5-4-9-23-26-17/h4-7,9,11,14,18H,3,8,10,12H2,1-2H3,(H,24,27)(H,25,28,30)/t14-,18+/m1/s1. The molecule has 3 heterocycles. The molecule has 174 valence electrons. The number of anilines is 3. The molecule has 1 aromatic carbocycles. The molecule has 1 aliphatic rings. The van der Waals surface area contributed by atoms with Crippen molar-refractivity contribution in [2.75, 3.05) is 42.3 Å². The highest BCUT2D eigenvalue weighted by molar-refractivity contribution is 7.19. The van der Waals surface area contributed by atoms with Crippen molar-refractivity contribution in [1.29, 1.82) is 0 Å². The number of hydrogen-bond acceptors (Lipinski definition) is 10. The number of carbonyl (C=O) groups is 1. The number of ether oxygens (including phenoxy) is 2. The van der Waals surface area contributed by atoms with Crippen LogP contribution < -0.4 is 20.3 Å². The third-order valence-electron chi connectivity index (χ3n) is 5.10. The van der Waals surface area contributed by atoms with Crippen LogP contribution in [0.1, 0.15) is 25.0 Å². The number of nitrogens with one attached hydrogen (secondary N) is 2. The number of halogens is 1. The van der Waals surface area contributed by atoms with Crippen molar-refractivity contribution in [1.82, 2.24) is 20.4 Å². The summed E-state index contributed by atoms with van der Waals surface area (Å²) in [5, 5.41) is 23.3. The van der Waals surface area contributed by atoms with Gasteiger partial charge in [0.2, 0.25) is 10.3 Å². The van der Waals surface area contributed by atoms with E-state index in [1.165, 1.54) is 36.6 Å². The second kappa shape index (κ2) is 10.5. The zero-order valence-corrected chi connectivity index (χ0v) is 19.0. The van der Waals surface area contributed by atoms with Crippen molar-refractivity contribution in [3.63, 3.8) is 0 Å². The Labute approximate surface area is 194 Å². The minimum absolute atomic E-state index is 0.0412. The molecule has 4 rings (SSSR count). The smallest absolute Gasteiger partial charge is 0.259 e. The van der Waals surface area contributed by atoms with Crippen LogP contribution in [0.25, 0.3) is 0 Å². The van der Waals surface area contributed by atoms with Crippen LogP contribution in [0.15, 0.2) is 36.5 Å². The number of aromatic nitrogens is 4. The first-order chi connectivity index (χ1) is 16.1. The lowest BCUT2D eigenvalue weighted by atomic mass is 10.1. The van der Waals surface area contributed by atoms with Crippen LogP contribution in [0.4, 0.5) is 20.5 Å². The minimum atomic E-state index is -0.944. The van der Waals surface area contributed by atoms with Crippen LogP contribution in [-0.2, 0) is 9.53 Å². The average molecular weight is 474 g/mol. The second-order valence-corrected chi connectivity index (χ2v) is 8.27. The number of amides is 1. The lowest BCUT2D eigenvalue weighted by Crippen LogP contribution is -2.26. The van der Waals surface area contributed by atoms with Crippen LogP contribution in [0.2, 0.25) is 0 Å². The van der Waals surface area contributed by atoms with Gasteiger partial charge in [0.1, 0.15) is 0 Å². The zero-order valence-electron chi connectivity index (χ0n) is 18.2. The maximum Gasteiger partial charge on any atom is 0.259 e. The number of rotatable bonds is 9. The first-order valence-electron chi connectivity index (χ1n) is 10.5. The Kier molecular flexibility index (Phi) is 7.25. The summed E-state index contributed by atoms with van der Waals surface area (Å²) < 4.78 is 24.4. The summed E-state index contributed by atoms with van der Waals surface area (Å²) in [6.45, 7) is 3.69. The largest absolute Gasteiger partial charge is 0.494 e. The van der Waals surface area contributed by atoms with Crippen molar-refractivity contribution < 1.29 is 18.7 Å². The Morgan fingerprint density at radius 3 is 2.91 bits per heavy atom. The highest BCUT2D eigenvalue weighted by atomic mass is 32.1. The van der Waals surface area contributed by atoms with Gasteiger partial charge >= 0.3 is 0 Å². The molecule has 0 unspecified atom stereocenters. The van der Waals surface area contributed by atoms with Gasteiger partial charge in [-0.25, -0.2) is 4.39 Å². The maximum absolute atomic E-state index is 13.8. The predicted molar refractivity (Wildman–Crippen MR) is 122 cm³/mol. The van der Waals surface area contributed by atoms with Gasteiger partial charge in [-0.05, 0) is 43.2 Å². The first-order valence-corrected chi connectivity index (χ1v) is 11.3. The van der Waals surface area contributed by atoms with Crippen molar-refractivity contribution in [2.24, 2.45) is 0 Å². The minimum Gasteiger partial charge on any atom is -0.494 e. The van der Waals surface area contributed by atoms with Gasteiger partial charge in [-0.3, -0.25) is 10.1 Å². The molecule has 1 saturated heterocycles. The molecule has 0 aliphatic carbocycles. The van der Waals surface area contributed by atoms with E-state index in [9.17, 15) is 9.18 Å². The van der Waals surface area contributed by atoms with Gasteiger partial charge in [0.05, 0.1) is 7.11 Å². The van der Waals surface area contributed by atoms with E-state index < -0.39 is 17.8 Å². The van der Waals surface area contributed by atoms with Crippen LogP contribution in [-0.4, -0.2) is 59.1 Å². The lowest BCUT2D eigenvalue weighted by molar-refractivity contribution is -0.127. The van der Waals surface area contributed by atoms with E-state index in [1.54, 1.807) is 13.1 Å². The summed E-state index contributed by atoms with van der Waals surface area (Å²) in [5.41, 5.74) is 0.477. The van der Waals surface area contributed by atoms with Crippen molar-refractivity contribution >= 4 is 33.3 Å². The highest BCUT2D eigenvalue weighted by Crippen LogP contribution is 2.28. The number of hydrogen-bond donors (Lipinski definition) is 2. The number of nitrogens with zero attached hydrogens (tertiary/aromatic N) is 5. The molecule has 2 N–H and O–H groups in total. The number of methoxy groups -OCH3 is 1. The van der Waals surface area contributed by atoms with Gasteiger partial charge in [-0.1, -0.05) is 17.4 Å². The zero-order chi connectivity index (χ0) is 23.2. The van der Waals surface area contributed by atoms with Gasteiger partial charge in [-0.15, -0.1) is 15.3 Å². The van der Waals surface area contributed by atoms with Crippen LogP contribution in [0.5, 0.6) is 5.75 Å². The van der Waals surface area contributed by atoms with Crippen LogP contribution in [0.3, 0.4) is 0 Å². The van der Waals surface area contributed by atoms with Crippen molar-refractivity contribution in [3.05, 3.63) is 47.9 Å². The molecule has 0 spiro atoms. The first kappa shape index (κ1) is 22.8. The molecular weight excluding hydrogens is 449 g/mol. The molecule has 1 aliphatic heterocycles. The van der Waals surface area contributed by atoms with E-state index in [1.807, 2.05) is 12.1 Å². The van der Waals surface area contributed by atoms with Crippen LogP contribution in [0, 0.1) is 5.82 Å². The summed E-state index contributed by atoms with van der Waals surface area (Å²) in [7, 11) is 1.37. The molecule has 10 nitrogen and oxygen atoms in total. The fourth-order valence-corrected chi connectivity index (χ4v) is 4.28. The highest BCUT2D eigenvalue weighted by Gasteiger charge is 2.26. The Bertz CT molecular complexity index is 1080. The average Bonchev–Trinajstić information content (AvgIpc) is 3.48. The normalized spacial score (nSPS) is 16.5. The summed E-state index contributed by atoms with van der Waals surface area (Å²) in [6.07, 6.45) is 1.62. The molecule has 0 radical (unpaired) electrons. The SMILES string of the molecule is CCO[C@H](C(=O)Nc1nnc(N[C@@H]2CCN(c3cccnn3)C2)s1)c1ccc(F)c(OC)c1. The fourth-order valence-electron chi connectivity index (χ4n) is 3.56. The number of benzene rings is 1. The molecule has 0 bridgehead atoms. The van der Waals surface area contributed by atoms with E-state index in [2.05, 4.69) is 35.9 Å². The van der Waals surface area contributed by atoms with Gasteiger partial charge in [0, 0.05) is 31.9 Å². The summed E-state index contributed by atoms with van der Waals surface area (Å²) >= 11 is 1.23. The van der Waals surface area contributed by atoms with Crippen molar-refractivity contribution in [3.8, 4) is 5.75 Å². The molecular formula is C21H24FN7O3S. The maximum atomic E-state index is 13.8. The third kappa shape index (κ3) is 5.52. The molecule has 1 fully saturated rings. The molecule has 12 heteroatoms. The molecule has 3 aromatic rings. The Morgan fingerprint density at radius 2 is 2.15 bits per heavy atom. The van der Waals surface area contributed by atoms with Crippen molar-refractivity contribution in [2.45, 2.75) is 25.5 Å². The van der Waals surface area contributed by atoms with E-state index >= 15 is 0 Å². The summed E-state index contributed by atoms with van der Waals surface area (Å²) in [5.74, 6) is -0.0599. The van der Waals surface area contributed by atoms with Gasteiger partial charge < -0.3 is 19.7 Å². The predicted octanol–water partition coefficient (Wildman–Crippen LogP) is 2.88. The Hall–Kier alpha value is -3.38. The molecule has 2 atom stereocenters. The Morgan fingerprint density at radius 1 is 1.30 bits per heavy atom. The monoisotopic (exact) mass is 473 g/mol. The summed E-state index contributed by atoms with van der Waals surface area (Å²) in [4.78, 5) is 15.0.